The van der Waals surface area contributed by atoms with E-state index in [1.165, 1.54) is 37.1 Å². The number of imidazole rings is 1. The van der Waals surface area contributed by atoms with E-state index in [4.69, 9.17) is 4.98 Å². The first-order valence-corrected chi connectivity index (χ1v) is 11.6. The van der Waals surface area contributed by atoms with Crippen LogP contribution in [0.2, 0.25) is 0 Å². The van der Waals surface area contributed by atoms with Crippen LogP contribution >= 0.6 is 0 Å². The van der Waals surface area contributed by atoms with E-state index in [9.17, 15) is 14.0 Å². The average Bonchev–Trinajstić information content (AvgIpc) is 3.29. The van der Waals surface area contributed by atoms with Gasteiger partial charge in [-0.1, -0.05) is 12.1 Å². The minimum atomic E-state index is -0.374. The summed E-state index contributed by atoms with van der Waals surface area (Å²) in [5, 5.41) is 2.99. The Morgan fingerprint density at radius 3 is 2.52 bits per heavy atom. The highest BCUT2D eigenvalue weighted by Gasteiger charge is 2.29. The van der Waals surface area contributed by atoms with Gasteiger partial charge in [0.2, 0.25) is 5.91 Å². The normalized spacial score (nSPS) is 18.0. The fourth-order valence-corrected chi connectivity index (χ4v) is 4.67. The molecular weight excluding hydrogens is 419 g/mol. The van der Waals surface area contributed by atoms with E-state index in [0.717, 1.165) is 48.6 Å². The molecular formula is C26H27FN4O2. The number of anilines is 1. The molecule has 0 aliphatic carbocycles. The van der Waals surface area contributed by atoms with Gasteiger partial charge in [0.25, 0.3) is 5.91 Å². The fraction of sp³-hybridized carbons (Fsp3) is 0.346. The van der Waals surface area contributed by atoms with Crippen molar-refractivity contribution in [3.8, 4) is 11.3 Å². The molecule has 170 valence electrons. The Hall–Kier alpha value is -3.48. The minimum absolute atomic E-state index is 0.0863. The van der Waals surface area contributed by atoms with E-state index in [0.29, 0.717) is 18.7 Å². The number of benzene rings is 2. The lowest BCUT2D eigenvalue weighted by atomic mass is 9.96. The molecule has 5 rings (SSSR count). The highest BCUT2D eigenvalue weighted by atomic mass is 19.1. The molecule has 1 unspecified atom stereocenters. The van der Waals surface area contributed by atoms with Gasteiger partial charge in [-0.3, -0.25) is 9.59 Å². The second-order valence-corrected chi connectivity index (χ2v) is 8.86. The van der Waals surface area contributed by atoms with Crippen molar-refractivity contribution >= 4 is 17.5 Å². The van der Waals surface area contributed by atoms with Crippen molar-refractivity contribution in [3.63, 3.8) is 0 Å². The number of aromatic nitrogens is 2. The number of rotatable bonds is 4. The van der Waals surface area contributed by atoms with Crippen LogP contribution in [0.1, 0.15) is 41.9 Å². The van der Waals surface area contributed by atoms with Crippen LogP contribution in [-0.2, 0) is 17.8 Å². The summed E-state index contributed by atoms with van der Waals surface area (Å²) in [7, 11) is 0. The number of likely N-dealkylation sites (tertiary alicyclic amines) is 1. The molecule has 1 aromatic heterocycles. The Balaban J connectivity index is 1.21. The maximum absolute atomic E-state index is 13.2. The highest BCUT2D eigenvalue weighted by molar-refractivity contribution is 5.96. The molecule has 6 nitrogen and oxygen atoms in total. The molecule has 2 aliphatic heterocycles. The smallest absolute Gasteiger partial charge is 0.253 e. The zero-order valence-corrected chi connectivity index (χ0v) is 18.5. The van der Waals surface area contributed by atoms with Crippen LogP contribution in [0.3, 0.4) is 0 Å². The third-order valence-electron chi connectivity index (χ3n) is 6.53. The van der Waals surface area contributed by atoms with Crippen LogP contribution in [0.25, 0.3) is 11.3 Å². The topological polar surface area (TPSA) is 67.2 Å². The Bertz CT molecular complexity index is 1130. The van der Waals surface area contributed by atoms with Gasteiger partial charge in [-0.05, 0) is 62.1 Å². The molecule has 1 N–H and O–H groups in total. The Labute approximate surface area is 192 Å². The van der Waals surface area contributed by atoms with Crippen molar-refractivity contribution in [2.24, 2.45) is 5.92 Å². The summed E-state index contributed by atoms with van der Waals surface area (Å²) in [6.45, 7) is 1.99. The first kappa shape index (κ1) is 21.4. The fourth-order valence-electron chi connectivity index (χ4n) is 4.67. The zero-order chi connectivity index (χ0) is 22.8. The lowest BCUT2D eigenvalue weighted by Gasteiger charge is -2.32. The average molecular weight is 447 g/mol. The van der Waals surface area contributed by atoms with E-state index in [1.807, 2.05) is 24.3 Å². The molecule has 0 spiro atoms. The zero-order valence-electron chi connectivity index (χ0n) is 18.5. The van der Waals surface area contributed by atoms with Gasteiger partial charge in [-0.2, -0.15) is 0 Å². The summed E-state index contributed by atoms with van der Waals surface area (Å²) in [5.74, 6) is 0.241. The second-order valence-electron chi connectivity index (χ2n) is 8.86. The van der Waals surface area contributed by atoms with Gasteiger partial charge < -0.3 is 14.8 Å². The van der Waals surface area contributed by atoms with Crippen molar-refractivity contribution in [1.82, 2.24) is 14.5 Å². The van der Waals surface area contributed by atoms with Crippen LogP contribution in [0.15, 0.2) is 54.7 Å². The third-order valence-corrected chi connectivity index (χ3v) is 6.53. The maximum Gasteiger partial charge on any atom is 0.253 e. The quantitative estimate of drug-likeness (QED) is 0.641. The molecule has 2 aromatic carbocycles. The molecule has 0 bridgehead atoms. The molecule has 1 fully saturated rings. The van der Waals surface area contributed by atoms with E-state index in [1.54, 1.807) is 4.90 Å². The Kier molecular flexibility index (Phi) is 5.94. The molecule has 1 atom stereocenters. The molecule has 2 aliphatic rings. The summed E-state index contributed by atoms with van der Waals surface area (Å²) in [6.07, 6.45) is 7.01. The number of carbonyl (C=O) groups excluding carboxylic acids is 2. The van der Waals surface area contributed by atoms with Gasteiger partial charge in [-0.15, -0.1) is 0 Å². The molecule has 7 heteroatoms. The van der Waals surface area contributed by atoms with Crippen LogP contribution in [-0.4, -0.2) is 39.4 Å². The first-order valence-electron chi connectivity index (χ1n) is 11.6. The summed E-state index contributed by atoms with van der Waals surface area (Å²) in [4.78, 5) is 32.1. The monoisotopic (exact) mass is 446 g/mol. The third kappa shape index (κ3) is 4.67. The summed E-state index contributed by atoms with van der Waals surface area (Å²) in [6, 6.07) is 13.3. The van der Waals surface area contributed by atoms with Gasteiger partial charge in [0, 0.05) is 49.1 Å². The van der Waals surface area contributed by atoms with Gasteiger partial charge in [0.05, 0.1) is 11.6 Å². The number of fused-ring (bicyclic) bond motifs is 1. The van der Waals surface area contributed by atoms with Gasteiger partial charge in [0.15, 0.2) is 0 Å². The first-order chi connectivity index (χ1) is 16.1. The van der Waals surface area contributed by atoms with Crippen molar-refractivity contribution in [2.45, 2.75) is 38.6 Å². The van der Waals surface area contributed by atoms with Crippen molar-refractivity contribution in [2.75, 3.05) is 18.4 Å². The van der Waals surface area contributed by atoms with Crippen molar-refractivity contribution in [1.29, 1.82) is 0 Å². The lowest BCUT2D eigenvalue weighted by Crippen LogP contribution is -2.43. The standard InChI is InChI=1S/C26H27FN4O2/c27-21-10-6-19(7-11-21)26(33)31-15-3-4-20(16-31)25(32)28-22-12-8-18(9-13-22)23-17-30-14-2-1-5-24(30)29-23/h6-13,17,20H,1-5,14-16H2,(H,28,32). The number of hydrogen-bond donors (Lipinski definition) is 1. The van der Waals surface area contributed by atoms with Crippen LogP contribution < -0.4 is 5.32 Å². The minimum Gasteiger partial charge on any atom is -0.338 e. The Morgan fingerprint density at radius 1 is 0.970 bits per heavy atom. The van der Waals surface area contributed by atoms with Crippen LogP contribution in [0, 0.1) is 11.7 Å². The lowest BCUT2D eigenvalue weighted by molar-refractivity contribution is -0.121. The molecule has 0 saturated carbocycles. The molecule has 0 radical (unpaired) electrons. The number of piperidine rings is 1. The van der Waals surface area contributed by atoms with E-state index < -0.39 is 0 Å². The molecule has 3 heterocycles. The van der Waals surface area contributed by atoms with Crippen LogP contribution in [0.4, 0.5) is 10.1 Å². The highest BCUT2D eigenvalue weighted by Crippen LogP contribution is 2.25. The number of nitrogens with one attached hydrogen (secondary N) is 1. The maximum atomic E-state index is 13.2. The summed E-state index contributed by atoms with van der Waals surface area (Å²) in [5.41, 5.74) is 3.17. The largest absolute Gasteiger partial charge is 0.338 e. The number of amides is 2. The van der Waals surface area contributed by atoms with Crippen molar-refractivity contribution < 1.29 is 14.0 Å². The molecule has 3 aromatic rings. The SMILES string of the molecule is O=C(Nc1ccc(-c2cn3c(n2)CCCC3)cc1)C1CCCN(C(=O)c2ccc(F)cc2)C1. The predicted molar refractivity (Wildman–Crippen MR) is 124 cm³/mol. The van der Waals surface area contributed by atoms with Crippen LogP contribution in [0.5, 0.6) is 0 Å². The number of aryl methyl sites for hydroxylation is 2. The van der Waals surface area contributed by atoms with Gasteiger partial charge in [0.1, 0.15) is 11.6 Å². The number of halogens is 1. The summed E-state index contributed by atoms with van der Waals surface area (Å²) >= 11 is 0. The van der Waals surface area contributed by atoms with Gasteiger partial charge in [-0.25, -0.2) is 9.37 Å². The van der Waals surface area contributed by atoms with E-state index in [2.05, 4.69) is 16.1 Å². The van der Waals surface area contributed by atoms with E-state index in [-0.39, 0.29) is 23.5 Å². The predicted octanol–water partition coefficient (Wildman–Crippen LogP) is 4.52. The second kappa shape index (κ2) is 9.17. The van der Waals surface area contributed by atoms with Gasteiger partial charge >= 0.3 is 0 Å². The summed E-state index contributed by atoms with van der Waals surface area (Å²) < 4.78 is 15.4. The Morgan fingerprint density at radius 2 is 1.76 bits per heavy atom. The van der Waals surface area contributed by atoms with E-state index >= 15 is 0 Å². The van der Waals surface area contributed by atoms with Crippen molar-refractivity contribution in [3.05, 3.63) is 71.9 Å². The molecule has 1 saturated heterocycles. The number of nitrogens with zero attached hydrogens (tertiary/aromatic N) is 3. The number of carbonyl (C=O) groups is 2. The molecule has 2 amide bonds. The number of hydrogen-bond acceptors (Lipinski definition) is 3. The molecule has 33 heavy (non-hydrogen) atoms.